The molecule has 1 aromatic rings. The van der Waals surface area contributed by atoms with E-state index in [-0.39, 0.29) is 18.2 Å². The summed E-state index contributed by atoms with van der Waals surface area (Å²) >= 11 is 0. The molecule has 2 rings (SSSR count). The largest absolute Gasteiger partial charge is 0.490 e. The third-order valence-corrected chi connectivity index (χ3v) is 2.30. The molecule has 0 bridgehead atoms. The quantitative estimate of drug-likeness (QED) is 0.799. The topological polar surface area (TPSA) is 52.3 Å². The van der Waals surface area contributed by atoms with Crippen molar-refractivity contribution in [1.29, 1.82) is 0 Å². The zero-order valence-electron chi connectivity index (χ0n) is 7.96. The lowest BCUT2D eigenvalue weighted by Gasteiger charge is -2.19. The number of ether oxygens (including phenoxy) is 1. The van der Waals surface area contributed by atoms with Crippen LogP contribution in [-0.4, -0.2) is 12.5 Å². The van der Waals surface area contributed by atoms with Crippen molar-refractivity contribution < 1.29 is 13.9 Å². The van der Waals surface area contributed by atoms with Gasteiger partial charge in [0, 0.05) is 11.1 Å². The Hall–Kier alpha value is -1.29. The Morgan fingerprint density at radius 1 is 1.47 bits per heavy atom. The highest BCUT2D eigenvalue weighted by Crippen LogP contribution is 2.30. The van der Waals surface area contributed by atoms with Gasteiger partial charge in [-0.2, -0.15) is 0 Å². The van der Waals surface area contributed by atoms with Crippen molar-refractivity contribution in [2.45, 2.75) is 12.8 Å². The molecule has 1 aliphatic heterocycles. The molecular weight excluding hydrogens is 221 g/mol. The maximum atomic E-state index is 13.2. The molecule has 1 amide bonds. The van der Waals surface area contributed by atoms with Crippen LogP contribution >= 0.6 is 12.4 Å². The SMILES string of the molecule is Cl.NC(=O)c1ccc(F)c2c1CCCO2. The van der Waals surface area contributed by atoms with Gasteiger partial charge in [0.05, 0.1) is 6.61 Å². The minimum atomic E-state index is -0.535. The summed E-state index contributed by atoms with van der Waals surface area (Å²) in [5.41, 5.74) is 6.13. The van der Waals surface area contributed by atoms with Gasteiger partial charge in [-0.15, -0.1) is 12.4 Å². The first-order chi connectivity index (χ1) is 6.70. The standard InChI is InChI=1S/C10H10FNO2.ClH/c11-8-4-3-7(10(12)13)6-2-1-5-14-9(6)8;/h3-4H,1-2,5H2,(H2,12,13);1H. The molecule has 0 aliphatic carbocycles. The van der Waals surface area contributed by atoms with Gasteiger partial charge in [-0.1, -0.05) is 0 Å². The van der Waals surface area contributed by atoms with Crippen LogP contribution in [0.3, 0.4) is 0 Å². The van der Waals surface area contributed by atoms with Gasteiger partial charge in [-0.25, -0.2) is 4.39 Å². The number of carbonyl (C=O) groups excluding carboxylic acids is 1. The second-order valence-electron chi connectivity index (χ2n) is 3.22. The summed E-state index contributed by atoms with van der Waals surface area (Å²) in [5, 5.41) is 0. The number of fused-ring (bicyclic) bond motifs is 1. The molecule has 0 radical (unpaired) electrons. The lowest BCUT2D eigenvalue weighted by molar-refractivity contribution is 0.0998. The van der Waals surface area contributed by atoms with E-state index < -0.39 is 11.7 Å². The number of rotatable bonds is 1. The van der Waals surface area contributed by atoms with Gasteiger partial charge >= 0.3 is 0 Å². The van der Waals surface area contributed by atoms with Crippen LogP contribution in [0.25, 0.3) is 0 Å². The van der Waals surface area contributed by atoms with Crippen LogP contribution in [0.1, 0.15) is 22.3 Å². The number of benzene rings is 1. The van der Waals surface area contributed by atoms with Crippen molar-refractivity contribution in [2.24, 2.45) is 5.73 Å². The number of hydrogen-bond acceptors (Lipinski definition) is 2. The number of halogens is 2. The Labute approximate surface area is 92.8 Å². The Balaban J connectivity index is 0.00000112. The van der Waals surface area contributed by atoms with Crippen LogP contribution in [0.4, 0.5) is 4.39 Å². The predicted octanol–water partition coefficient (Wildman–Crippen LogP) is 1.67. The molecule has 0 saturated heterocycles. The summed E-state index contributed by atoms with van der Waals surface area (Å²) in [6.07, 6.45) is 1.43. The molecule has 1 aromatic carbocycles. The maximum absolute atomic E-state index is 13.2. The molecule has 5 heteroatoms. The van der Waals surface area contributed by atoms with Gasteiger partial charge < -0.3 is 10.5 Å². The van der Waals surface area contributed by atoms with Crippen molar-refractivity contribution in [3.63, 3.8) is 0 Å². The monoisotopic (exact) mass is 231 g/mol. The first-order valence-corrected chi connectivity index (χ1v) is 4.44. The van der Waals surface area contributed by atoms with E-state index in [0.29, 0.717) is 24.2 Å². The minimum absolute atomic E-state index is 0. The number of hydrogen-bond donors (Lipinski definition) is 1. The number of primary amides is 1. The Morgan fingerprint density at radius 2 is 2.20 bits per heavy atom. The molecule has 0 fully saturated rings. The Bertz CT molecular complexity index is 395. The molecule has 82 valence electrons. The zero-order chi connectivity index (χ0) is 10.1. The van der Waals surface area contributed by atoms with E-state index in [2.05, 4.69) is 0 Å². The smallest absolute Gasteiger partial charge is 0.249 e. The predicted molar refractivity (Wildman–Crippen MR) is 56.0 cm³/mol. The molecule has 0 spiro atoms. The highest BCUT2D eigenvalue weighted by molar-refractivity contribution is 5.95. The molecule has 3 nitrogen and oxygen atoms in total. The molecule has 0 aromatic heterocycles. The number of carbonyl (C=O) groups is 1. The van der Waals surface area contributed by atoms with Crippen molar-refractivity contribution >= 4 is 18.3 Å². The summed E-state index contributed by atoms with van der Waals surface area (Å²) in [6.45, 7) is 0.492. The average Bonchev–Trinajstić information content (AvgIpc) is 2.18. The molecule has 15 heavy (non-hydrogen) atoms. The van der Waals surface area contributed by atoms with E-state index in [1.54, 1.807) is 0 Å². The fraction of sp³-hybridized carbons (Fsp3) is 0.300. The van der Waals surface area contributed by atoms with Gasteiger partial charge in [0.15, 0.2) is 11.6 Å². The molecular formula is C10H11ClFNO2. The summed E-state index contributed by atoms with van der Waals surface area (Å²) in [5.74, 6) is -0.774. The highest BCUT2D eigenvalue weighted by atomic mass is 35.5. The van der Waals surface area contributed by atoms with E-state index >= 15 is 0 Å². The summed E-state index contributed by atoms with van der Waals surface area (Å²) in [4.78, 5) is 11.0. The third kappa shape index (κ3) is 2.04. The first-order valence-electron chi connectivity index (χ1n) is 4.44. The molecule has 1 heterocycles. The molecule has 0 atom stereocenters. The lowest BCUT2D eigenvalue weighted by atomic mass is 9.99. The Kier molecular flexibility index (Phi) is 3.52. The van der Waals surface area contributed by atoms with Crippen LogP contribution in [-0.2, 0) is 6.42 Å². The van der Waals surface area contributed by atoms with E-state index in [1.165, 1.54) is 12.1 Å². The lowest BCUT2D eigenvalue weighted by Crippen LogP contribution is -2.18. The van der Waals surface area contributed by atoms with Crippen molar-refractivity contribution in [3.05, 3.63) is 29.1 Å². The van der Waals surface area contributed by atoms with E-state index in [4.69, 9.17) is 10.5 Å². The number of amides is 1. The second-order valence-corrected chi connectivity index (χ2v) is 3.22. The van der Waals surface area contributed by atoms with Crippen LogP contribution in [0.2, 0.25) is 0 Å². The molecule has 1 aliphatic rings. The van der Waals surface area contributed by atoms with Crippen LogP contribution in [0, 0.1) is 5.82 Å². The first kappa shape index (κ1) is 11.8. The van der Waals surface area contributed by atoms with Gasteiger partial charge in [0.2, 0.25) is 5.91 Å². The average molecular weight is 232 g/mol. The van der Waals surface area contributed by atoms with E-state index in [1.807, 2.05) is 0 Å². The fourth-order valence-corrected chi connectivity index (χ4v) is 1.66. The molecule has 2 N–H and O–H groups in total. The fourth-order valence-electron chi connectivity index (χ4n) is 1.66. The number of nitrogens with two attached hydrogens (primary N) is 1. The van der Waals surface area contributed by atoms with Gasteiger partial charge in [0.1, 0.15) is 0 Å². The third-order valence-electron chi connectivity index (χ3n) is 2.30. The summed E-state index contributed by atoms with van der Waals surface area (Å²) in [6, 6.07) is 2.62. The van der Waals surface area contributed by atoms with E-state index in [9.17, 15) is 9.18 Å². The van der Waals surface area contributed by atoms with Gasteiger partial charge in [-0.3, -0.25) is 4.79 Å². The summed E-state index contributed by atoms with van der Waals surface area (Å²) < 4.78 is 18.4. The van der Waals surface area contributed by atoms with Gasteiger partial charge in [-0.05, 0) is 25.0 Å². The molecule has 0 saturated carbocycles. The highest BCUT2D eigenvalue weighted by Gasteiger charge is 2.20. The van der Waals surface area contributed by atoms with E-state index in [0.717, 1.165) is 6.42 Å². The van der Waals surface area contributed by atoms with Crippen molar-refractivity contribution in [2.75, 3.05) is 6.61 Å². The van der Waals surface area contributed by atoms with Crippen LogP contribution in [0.15, 0.2) is 12.1 Å². The van der Waals surface area contributed by atoms with Crippen molar-refractivity contribution in [1.82, 2.24) is 0 Å². The Morgan fingerprint density at radius 3 is 2.87 bits per heavy atom. The zero-order valence-corrected chi connectivity index (χ0v) is 8.77. The van der Waals surface area contributed by atoms with Gasteiger partial charge in [0.25, 0.3) is 0 Å². The van der Waals surface area contributed by atoms with Crippen LogP contribution < -0.4 is 10.5 Å². The minimum Gasteiger partial charge on any atom is -0.490 e. The molecule has 0 unspecified atom stereocenters. The normalized spacial score (nSPS) is 13.4. The maximum Gasteiger partial charge on any atom is 0.249 e. The summed E-state index contributed by atoms with van der Waals surface area (Å²) in [7, 11) is 0. The van der Waals surface area contributed by atoms with Crippen LogP contribution in [0.5, 0.6) is 5.75 Å². The van der Waals surface area contributed by atoms with Crippen molar-refractivity contribution in [3.8, 4) is 5.75 Å². The second kappa shape index (κ2) is 4.49.